The summed E-state index contributed by atoms with van der Waals surface area (Å²) in [7, 11) is 1.33. The molecular formula is C17H16F5NO2. The summed E-state index contributed by atoms with van der Waals surface area (Å²) in [6.07, 6.45) is -5.75. The van der Waals surface area contributed by atoms with Crippen LogP contribution in [0.3, 0.4) is 0 Å². The van der Waals surface area contributed by atoms with Gasteiger partial charge < -0.3 is 15.2 Å². The van der Waals surface area contributed by atoms with E-state index in [2.05, 4.69) is 0 Å². The molecule has 0 saturated heterocycles. The number of hydrogen-bond donors (Lipinski definition) is 1. The average molecular weight is 361 g/mol. The van der Waals surface area contributed by atoms with Crippen LogP contribution >= 0.6 is 0 Å². The van der Waals surface area contributed by atoms with E-state index < -0.39 is 23.7 Å². The number of hydrogen-bond acceptors (Lipinski definition) is 3. The predicted molar refractivity (Wildman–Crippen MR) is 81.7 cm³/mol. The van der Waals surface area contributed by atoms with Gasteiger partial charge in [-0.3, -0.25) is 0 Å². The first kappa shape index (κ1) is 19.0. The Morgan fingerprint density at radius 1 is 0.960 bits per heavy atom. The fraction of sp³-hybridized carbons (Fsp3) is 0.294. The quantitative estimate of drug-likeness (QED) is 0.772. The number of benzene rings is 2. The van der Waals surface area contributed by atoms with E-state index in [0.717, 1.165) is 17.7 Å². The Hall–Kier alpha value is -2.35. The third kappa shape index (κ3) is 4.19. The van der Waals surface area contributed by atoms with Gasteiger partial charge in [-0.1, -0.05) is 36.4 Å². The molecule has 0 spiro atoms. The number of rotatable bonds is 6. The molecule has 0 saturated carbocycles. The van der Waals surface area contributed by atoms with Crippen molar-refractivity contribution < 1.29 is 31.4 Å². The maximum Gasteiger partial charge on any atom is 0.455 e. The van der Waals surface area contributed by atoms with Gasteiger partial charge in [0.1, 0.15) is 12.6 Å². The molecule has 0 aliphatic carbocycles. The van der Waals surface area contributed by atoms with Crippen molar-refractivity contribution in [2.75, 3.05) is 7.11 Å². The van der Waals surface area contributed by atoms with Crippen LogP contribution in [0.15, 0.2) is 48.5 Å². The minimum absolute atomic E-state index is 0.0253. The molecule has 0 radical (unpaired) electrons. The van der Waals surface area contributed by atoms with E-state index in [1.54, 1.807) is 24.3 Å². The summed E-state index contributed by atoms with van der Waals surface area (Å²) < 4.78 is 74.9. The van der Waals surface area contributed by atoms with Crippen molar-refractivity contribution >= 4 is 0 Å². The Morgan fingerprint density at radius 2 is 1.60 bits per heavy atom. The van der Waals surface area contributed by atoms with Crippen molar-refractivity contribution in [3.05, 3.63) is 59.7 Å². The molecule has 3 nitrogen and oxygen atoms in total. The third-order valence-corrected chi connectivity index (χ3v) is 3.55. The van der Waals surface area contributed by atoms with Crippen molar-refractivity contribution in [2.45, 2.75) is 24.7 Å². The molecular weight excluding hydrogens is 345 g/mol. The van der Waals surface area contributed by atoms with Gasteiger partial charge in [-0.25, -0.2) is 0 Å². The van der Waals surface area contributed by atoms with Gasteiger partial charge in [-0.2, -0.15) is 22.0 Å². The van der Waals surface area contributed by atoms with E-state index in [-0.39, 0.29) is 18.1 Å². The zero-order valence-electron chi connectivity index (χ0n) is 13.2. The molecule has 0 heterocycles. The van der Waals surface area contributed by atoms with Gasteiger partial charge in [0, 0.05) is 0 Å². The summed E-state index contributed by atoms with van der Waals surface area (Å²) in [5.74, 6) is -4.85. The van der Waals surface area contributed by atoms with Gasteiger partial charge in [0.05, 0.1) is 7.11 Å². The highest BCUT2D eigenvalue weighted by atomic mass is 19.4. The molecule has 0 amide bonds. The maximum absolute atomic E-state index is 13.5. The lowest BCUT2D eigenvalue weighted by Crippen LogP contribution is -2.45. The Labute approximate surface area is 141 Å². The highest BCUT2D eigenvalue weighted by Crippen LogP contribution is 2.44. The molecule has 1 atom stereocenters. The highest BCUT2D eigenvalue weighted by Gasteiger charge is 2.61. The minimum Gasteiger partial charge on any atom is -0.493 e. The van der Waals surface area contributed by atoms with E-state index in [0.29, 0.717) is 0 Å². The largest absolute Gasteiger partial charge is 0.493 e. The Morgan fingerprint density at radius 3 is 2.16 bits per heavy atom. The van der Waals surface area contributed by atoms with Crippen LogP contribution in [0, 0.1) is 0 Å². The van der Waals surface area contributed by atoms with E-state index in [4.69, 9.17) is 15.2 Å². The second kappa shape index (κ2) is 7.26. The number of ether oxygens (including phenoxy) is 2. The van der Waals surface area contributed by atoms with E-state index in [1.807, 2.05) is 6.07 Å². The second-order valence-electron chi connectivity index (χ2n) is 5.28. The normalized spacial score (nSPS) is 13.4. The molecule has 136 valence electrons. The first-order valence-corrected chi connectivity index (χ1v) is 7.21. The van der Waals surface area contributed by atoms with Crippen LogP contribution in [0.2, 0.25) is 0 Å². The molecule has 25 heavy (non-hydrogen) atoms. The summed E-state index contributed by atoms with van der Waals surface area (Å²) in [6, 6.07) is 9.70. The van der Waals surface area contributed by atoms with Crippen molar-refractivity contribution in [3.63, 3.8) is 0 Å². The van der Waals surface area contributed by atoms with Crippen molar-refractivity contribution in [2.24, 2.45) is 5.73 Å². The molecule has 0 aliphatic rings. The van der Waals surface area contributed by atoms with Crippen LogP contribution in [-0.2, 0) is 6.61 Å². The molecule has 0 aliphatic heterocycles. The van der Waals surface area contributed by atoms with Gasteiger partial charge in [-0.15, -0.1) is 0 Å². The fourth-order valence-corrected chi connectivity index (χ4v) is 2.12. The van der Waals surface area contributed by atoms with Crippen LogP contribution in [0.1, 0.15) is 17.2 Å². The lowest BCUT2D eigenvalue weighted by molar-refractivity contribution is -0.291. The van der Waals surface area contributed by atoms with Crippen molar-refractivity contribution in [3.8, 4) is 11.5 Å². The van der Waals surface area contributed by atoms with Crippen molar-refractivity contribution in [1.29, 1.82) is 0 Å². The zero-order chi connectivity index (χ0) is 18.7. The lowest BCUT2D eigenvalue weighted by Gasteiger charge is -2.26. The van der Waals surface area contributed by atoms with Crippen LogP contribution in [0.5, 0.6) is 11.5 Å². The average Bonchev–Trinajstić information content (AvgIpc) is 2.59. The van der Waals surface area contributed by atoms with Gasteiger partial charge in [0.2, 0.25) is 0 Å². The molecule has 2 N–H and O–H groups in total. The van der Waals surface area contributed by atoms with Crippen LogP contribution in [0.4, 0.5) is 22.0 Å². The molecule has 0 bridgehead atoms. The number of nitrogens with two attached hydrogens (primary N) is 1. The summed E-state index contributed by atoms with van der Waals surface area (Å²) in [5.41, 5.74) is 5.54. The monoisotopic (exact) mass is 361 g/mol. The zero-order valence-corrected chi connectivity index (χ0v) is 13.2. The topological polar surface area (TPSA) is 44.5 Å². The molecule has 2 aromatic rings. The molecule has 2 aromatic carbocycles. The van der Waals surface area contributed by atoms with E-state index in [9.17, 15) is 22.0 Å². The van der Waals surface area contributed by atoms with Crippen LogP contribution in [-0.4, -0.2) is 19.2 Å². The Bertz CT molecular complexity index is 704. The first-order valence-electron chi connectivity index (χ1n) is 7.21. The Kier molecular flexibility index (Phi) is 5.52. The third-order valence-electron chi connectivity index (χ3n) is 3.55. The second-order valence-corrected chi connectivity index (χ2v) is 5.28. The SMILES string of the molecule is COc1ccc([C@@H](N)C(F)(F)C(F)(F)F)cc1OCc1ccccc1. The minimum atomic E-state index is -5.75. The highest BCUT2D eigenvalue weighted by molar-refractivity contribution is 5.44. The summed E-state index contributed by atoms with van der Waals surface area (Å²) in [4.78, 5) is 0. The van der Waals surface area contributed by atoms with E-state index in [1.165, 1.54) is 13.2 Å². The summed E-state index contributed by atoms with van der Waals surface area (Å²) >= 11 is 0. The number of methoxy groups -OCH3 is 1. The summed E-state index contributed by atoms with van der Waals surface area (Å²) in [5, 5.41) is 0. The molecule has 0 unspecified atom stereocenters. The fourth-order valence-electron chi connectivity index (χ4n) is 2.12. The van der Waals surface area contributed by atoms with Gasteiger partial charge >= 0.3 is 12.1 Å². The molecule has 8 heteroatoms. The standard InChI is InChI=1S/C17H16F5NO2/c1-24-13-8-7-12(15(23)16(18,19)17(20,21)22)9-14(13)25-10-11-5-3-2-4-6-11/h2-9,15H,10,23H2,1H3/t15-/m1/s1. The first-order chi connectivity index (χ1) is 11.7. The lowest BCUT2D eigenvalue weighted by atomic mass is 10.0. The van der Waals surface area contributed by atoms with Crippen LogP contribution in [0.25, 0.3) is 0 Å². The van der Waals surface area contributed by atoms with Gasteiger partial charge in [0.15, 0.2) is 11.5 Å². The summed E-state index contributed by atoms with van der Waals surface area (Å²) in [6.45, 7) is 0.0888. The predicted octanol–water partition coefficient (Wildman–Crippen LogP) is 4.47. The number of halogens is 5. The Balaban J connectivity index is 2.27. The van der Waals surface area contributed by atoms with Crippen LogP contribution < -0.4 is 15.2 Å². The smallest absolute Gasteiger partial charge is 0.455 e. The molecule has 2 rings (SSSR count). The van der Waals surface area contributed by atoms with Gasteiger partial charge in [-0.05, 0) is 23.3 Å². The van der Waals surface area contributed by atoms with E-state index >= 15 is 0 Å². The molecule has 0 aromatic heterocycles. The van der Waals surface area contributed by atoms with Gasteiger partial charge in [0.25, 0.3) is 0 Å². The number of alkyl halides is 5. The molecule has 0 fully saturated rings. The van der Waals surface area contributed by atoms with Crippen molar-refractivity contribution in [1.82, 2.24) is 0 Å². The maximum atomic E-state index is 13.5.